The van der Waals surface area contributed by atoms with E-state index in [4.69, 9.17) is 15.2 Å². The molecule has 68 valence electrons. The Balaban J connectivity index is 0.000001000. The highest BCUT2D eigenvalue weighted by Crippen LogP contribution is 2.12. The molecule has 1 rings (SSSR count). The lowest BCUT2D eigenvalue weighted by Gasteiger charge is -2.18. The summed E-state index contributed by atoms with van der Waals surface area (Å²) in [5, 5.41) is 0. The lowest BCUT2D eigenvalue weighted by Crippen LogP contribution is -2.40. The highest BCUT2D eigenvalue weighted by molar-refractivity contribution is 5.85. The molecule has 0 spiro atoms. The van der Waals surface area contributed by atoms with Gasteiger partial charge in [-0.15, -0.1) is 12.4 Å². The zero-order valence-electron chi connectivity index (χ0n) is 6.22. The molecule has 11 heavy (non-hydrogen) atoms. The van der Waals surface area contributed by atoms with Crippen LogP contribution in [0.1, 0.15) is 0 Å². The van der Waals surface area contributed by atoms with Crippen LogP contribution in [0, 0.1) is 0 Å². The van der Waals surface area contributed by atoms with E-state index in [1.54, 1.807) is 0 Å². The normalized spacial score (nSPS) is 23.5. The molecule has 0 radical (unpaired) electrons. The summed E-state index contributed by atoms with van der Waals surface area (Å²) in [5.74, 6) is 0. The molecule has 1 fully saturated rings. The quantitative estimate of drug-likeness (QED) is 0.631. The number of hydrogen-bond acceptors (Lipinski definition) is 3. The van der Waals surface area contributed by atoms with E-state index in [0.717, 1.165) is 0 Å². The number of ether oxygens (including phenoxy) is 2. The second-order valence-electron chi connectivity index (χ2n) is 2.46. The molecule has 1 aliphatic heterocycles. The van der Waals surface area contributed by atoms with E-state index in [9.17, 15) is 4.39 Å². The van der Waals surface area contributed by atoms with Gasteiger partial charge in [0.05, 0.1) is 26.4 Å². The molecule has 3 nitrogen and oxygen atoms in total. The maximum absolute atomic E-state index is 13.2. The average molecular weight is 186 g/mol. The summed E-state index contributed by atoms with van der Waals surface area (Å²) < 4.78 is 23.0. The van der Waals surface area contributed by atoms with Crippen molar-refractivity contribution in [2.45, 2.75) is 5.67 Å². The first-order chi connectivity index (χ1) is 4.77. The zero-order chi connectivity index (χ0) is 7.45. The highest BCUT2D eigenvalue weighted by atomic mass is 35.5. The van der Waals surface area contributed by atoms with E-state index in [0.29, 0.717) is 13.2 Å². The van der Waals surface area contributed by atoms with Gasteiger partial charge in [-0.05, 0) is 0 Å². The van der Waals surface area contributed by atoms with Crippen LogP contribution >= 0.6 is 12.4 Å². The van der Waals surface area contributed by atoms with E-state index in [1.807, 2.05) is 0 Å². The molecule has 0 saturated carbocycles. The minimum absolute atomic E-state index is 0. The van der Waals surface area contributed by atoms with E-state index < -0.39 is 5.67 Å². The Labute approximate surface area is 71.4 Å². The molecule has 5 heteroatoms. The largest absolute Gasteiger partial charge is 0.376 e. The third kappa shape index (κ3) is 3.33. The molecule has 1 heterocycles. The first-order valence-electron chi connectivity index (χ1n) is 3.31. The summed E-state index contributed by atoms with van der Waals surface area (Å²) in [4.78, 5) is 0. The molecule has 1 aliphatic rings. The SMILES string of the molecule is Cl.NCC1(F)COCCOC1. The minimum atomic E-state index is -1.46. The van der Waals surface area contributed by atoms with E-state index in [2.05, 4.69) is 0 Å². The van der Waals surface area contributed by atoms with Gasteiger partial charge in [-0.25, -0.2) is 4.39 Å². The lowest BCUT2D eigenvalue weighted by atomic mass is 10.1. The van der Waals surface area contributed by atoms with Crippen molar-refractivity contribution in [1.29, 1.82) is 0 Å². The van der Waals surface area contributed by atoms with Crippen molar-refractivity contribution in [2.24, 2.45) is 5.73 Å². The van der Waals surface area contributed by atoms with Gasteiger partial charge in [0, 0.05) is 6.54 Å². The molecular weight excluding hydrogens is 173 g/mol. The van der Waals surface area contributed by atoms with Crippen LogP contribution in [0.4, 0.5) is 4.39 Å². The Morgan fingerprint density at radius 3 is 2.09 bits per heavy atom. The number of halogens is 2. The summed E-state index contributed by atoms with van der Waals surface area (Å²) in [6.45, 7) is 1.01. The Morgan fingerprint density at radius 2 is 1.73 bits per heavy atom. The monoisotopic (exact) mass is 185 g/mol. The molecule has 0 amide bonds. The van der Waals surface area contributed by atoms with E-state index >= 15 is 0 Å². The highest BCUT2D eigenvalue weighted by Gasteiger charge is 2.30. The number of nitrogens with two attached hydrogens (primary N) is 1. The maximum atomic E-state index is 13.2. The molecule has 0 unspecified atom stereocenters. The van der Waals surface area contributed by atoms with Gasteiger partial charge in [0.15, 0.2) is 5.67 Å². The van der Waals surface area contributed by atoms with Crippen LogP contribution in [0.25, 0.3) is 0 Å². The maximum Gasteiger partial charge on any atom is 0.169 e. The topological polar surface area (TPSA) is 44.5 Å². The smallest absolute Gasteiger partial charge is 0.169 e. The summed E-state index contributed by atoms with van der Waals surface area (Å²) in [6.07, 6.45) is 0. The van der Waals surface area contributed by atoms with Gasteiger partial charge in [0.2, 0.25) is 0 Å². The summed E-state index contributed by atoms with van der Waals surface area (Å²) in [7, 11) is 0. The van der Waals surface area contributed by atoms with Crippen LogP contribution in [0.2, 0.25) is 0 Å². The summed E-state index contributed by atoms with van der Waals surface area (Å²) in [6, 6.07) is 0. The van der Waals surface area contributed by atoms with Crippen LogP contribution < -0.4 is 5.73 Å². The van der Waals surface area contributed by atoms with E-state index in [-0.39, 0.29) is 32.2 Å². The average Bonchev–Trinajstić information content (AvgIpc) is 2.15. The molecule has 2 N–H and O–H groups in total. The standard InChI is InChI=1S/C6H12FNO2.ClH/c7-6(3-8)4-9-1-2-10-5-6;/h1-5,8H2;1H. The van der Waals surface area contributed by atoms with Gasteiger partial charge in [-0.1, -0.05) is 0 Å². The van der Waals surface area contributed by atoms with Gasteiger partial charge in [-0.3, -0.25) is 0 Å². The van der Waals surface area contributed by atoms with Gasteiger partial charge >= 0.3 is 0 Å². The number of hydrogen-bond donors (Lipinski definition) is 1. The first kappa shape index (κ1) is 11.1. The fourth-order valence-corrected chi connectivity index (χ4v) is 0.788. The Kier molecular flexibility index (Phi) is 4.92. The van der Waals surface area contributed by atoms with Crippen molar-refractivity contribution in [3.63, 3.8) is 0 Å². The molecule has 0 aromatic rings. The Hall–Kier alpha value is 0.1000. The lowest BCUT2D eigenvalue weighted by molar-refractivity contribution is 0.0213. The van der Waals surface area contributed by atoms with Crippen LogP contribution in [0.3, 0.4) is 0 Å². The molecule has 0 aromatic carbocycles. The third-order valence-electron chi connectivity index (χ3n) is 1.46. The van der Waals surface area contributed by atoms with Crippen molar-refractivity contribution in [2.75, 3.05) is 33.0 Å². The number of rotatable bonds is 1. The third-order valence-corrected chi connectivity index (χ3v) is 1.46. The minimum Gasteiger partial charge on any atom is -0.376 e. The fourth-order valence-electron chi connectivity index (χ4n) is 0.788. The van der Waals surface area contributed by atoms with Crippen molar-refractivity contribution >= 4 is 12.4 Å². The van der Waals surface area contributed by atoms with Gasteiger partial charge in [-0.2, -0.15) is 0 Å². The fraction of sp³-hybridized carbons (Fsp3) is 1.00. The molecule has 1 saturated heterocycles. The first-order valence-corrected chi connectivity index (χ1v) is 3.31. The Bertz CT molecular complexity index is 107. The number of alkyl halides is 1. The van der Waals surface area contributed by atoms with E-state index in [1.165, 1.54) is 0 Å². The van der Waals surface area contributed by atoms with Gasteiger partial charge in [0.25, 0.3) is 0 Å². The van der Waals surface area contributed by atoms with Crippen molar-refractivity contribution < 1.29 is 13.9 Å². The second kappa shape index (κ2) is 4.87. The van der Waals surface area contributed by atoms with Gasteiger partial charge < -0.3 is 15.2 Å². The summed E-state index contributed by atoms with van der Waals surface area (Å²) >= 11 is 0. The Morgan fingerprint density at radius 1 is 1.27 bits per heavy atom. The predicted octanol–water partition coefficient (Wildman–Crippen LogP) is 0.122. The van der Waals surface area contributed by atoms with Crippen molar-refractivity contribution in [3.05, 3.63) is 0 Å². The van der Waals surface area contributed by atoms with Crippen LogP contribution in [-0.4, -0.2) is 38.6 Å². The molecule has 0 bridgehead atoms. The molecule has 0 atom stereocenters. The predicted molar refractivity (Wildman–Crippen MR) is 41.8 cm³/mol. The summed E-state index contributed by atoms with van der Waals surface area (Å²) in [5.41, 5.74) is 3.71. The van der Waals surface area contributed by atoms with Crippen LogP contribution in [-0.2, 0) is 9.47 Å². The second-order valence-corrected chi connectivity index (χ2v) is 2.46. The van der Waals surface area contributed by atoms with Crippen molar-refractivity contribution in [1.82, 2.24) is 0 Å². The molecular formula is C6H13ClFNO2. The van der Waals surface area contributed by atoms with Crippen LogP contribution in [0.15, 0.2) is 0 Å². The van der Waals surface area contributed by atoms with Crippen LogP contribution in [0.5, 0.6) is 0 Å². The van der Waals surface area contributed by atoms with Gasteiger partial charge in [0.1, 0.15) is 0 Å². The molecule has 0 aliphatic carbocycles. The van der Waals surface area contributed by atoms with Crippen molar-refractivity contribution in [3.8, 4) is 0 Å². The zero-order valence-corrected chi connectivity index (χ0v) is 7.03. The molecule has 0 aromatic heterocycles.